The number of carbonyl (C=O) groups is 2. The molecule has 0 aromatic heterocycles. The van der Waals surface area contributed by atoms with Crippen LogP contribution in [0.2, 0.25) is 0 Å². The summed E-state index contributed by atoms with van der Waals surface area (Å²) < 4.78 is 0. The molecule has 0 radical (unpaired) electrons. The molecule has 0 atom stereocenters. The molecule has 0 saturated carbocycles. The minimum atomic E-state index is -1.31. The van der Waals surface area contributed by atoms with Crippen LogP contribution in [0.3, 0.4) is 0 Å². The van der Waals surface area contributed by atoms with Crippen molar-refractivity contribution >= 4 is 17.7 Å². The first-order chi connectivity index (χ1) is 9.32. The number of hydrogen-bond acceptors (Lipinski definition) is 3. The quantitative estimate of drug-likeness (QED) is 0.881. The van der Waals surface area contributed by atoms with Gasteiger partial charge in [-0.2, -0.15) is 5.26 Å². The summed E-state index contributed by atoms with van der Waals surface area (Å²) in [6, 6.07) is 7.89. The molecular weight excluding hydrogens is 258 g/mol. The number of anilines is 1. The van der Waals surface area contributed by atoms with Gasteiger partial charge >= 0.3 is 12.0 Å². The summed E-state index contributed by atoms with van der Waals surface area (Å²) in [6.07, 6.45) is 0. The summed E-state index contributed by atoms with van der Waals surface area (Å²) in [5, 5.41) is 20.6. The largest absolute Gasteiger partial charge is 0.480 e. The van der Waals surface area contributed by atoms with Gasteiger partial charge in [0.2, 0.25) is 0 Å². The minimum Gasteiger partial charge on any atom is -0.480 e. The number of benzene rings is 1. The third-order valence-electron chi connectivity index (χ3n) is 3.00. The van der Waals surface area contributed by atoms with Crippen LogP contribution in [0.1, 0.15) is 26.3 Å². The number of hydrogen-bond donors (Lipinski definition) is 2. The van der Waals surface area contributed by atoms with Crippen LogP contribution in [0.4, 0.5) is 10.5 Å². The van der Waals surface area contributed by atoms with Crippen LogP contribution >= 0.6 is 0 Å². The Bertz CT molecular complexity index is 561. The molecule has 0 aliphatic heterocycles. The second-order valence-electron chi connectivity index (χ2n) is 4.73. The second-order valence-corrected chi connectivity index (χ2v) is 4.73. The lowest BCUT2D eigenvalue weighted by Gasteiger charge is -2.34. The number of carbonyl (C=O) groups excluding carboxylic acids is 1. The van der Waals surface area contributed by atoms with Crippen LogP contribution in [0.5, 0.6) is 0 Å². The van der Waals surface area contributed by atoms with Crippen LogP contribution in [0, 0.1) is 11.3 Å². The molecule has 0 unspecified atom stereocenters. The fourth-order valence-corrected chi connectivity index (χ4v) is 1.77. The van der Waals surface area contributed by atoms with Gasteiger partial charge < -0.3 is 15.3 Å². The van der Waals surface area contributed by atoms with Gasteiger partial charge in [0.05, 0.1) is 11.6 Å². The zero-order valence-corrected chi connectivity index (χ0v) is 11.7. The number of carboxylic acids is 1. The molecule has 0 spiro atoms. The molecule has 1 aromatic rings. The van der Waals surface area contributed by atoms with E-state index in [0.29, 0.717) is 11.3 Å². The standard InChI is InChI=1S/C14H17N3O3/c1-4-17(14(2,3)12(18)19)13(20)16-11-7-5-6-10(8-11)9-15/h5-8H,4H2,1-3H3,(H,16,20)(H,18,19). The predicted molar refractivity (Wildman–Crippen MR) is 74.3 cm³/mol. The van der Waals surface area contributed by atoms with Crippen molar-refractivity contribution in [1.82, 2.24) is 4.90 Å². The summed E-state index contributed by atoms with van der Waals surface area (Å²) in [5.74, 6) is -1.08. The lowest BCUT2D eigenvalue weighted by Crippen LogP contribution is -2.54. The van der Waals surface area contributed by atoms with Gasteiger partial charge in [-0.1, -0.05) is 6.07 Å². The van der Waals surface area contributed by atoms with Gasteiger partial charge in [0, 0.05) is 12.2 Å². The van der Waals surface area contributed by atoms with E-state index < -0.39 is 17.5 Å². The third kappa shape index (κ3) is 3.26. The molecule has 1 rings (SSSR count). The summed E-state index contributed by atoms with van der Waals surface area (Å²) >= 11 is 0. The van der Waals surface area contributed by atoms with Gasteiger partial charge in [0.15, 0.2) is 0 Å². The van der Waals surface area contributed by atoms with Gasteiger partial charge in [0.1, 0.15) is 5.54 Å². The maximum Gasteiger partial charge on any atom is 0.329 e. The van der Waals surface area contributed by atoms with E-state index in [2.05, 4.69) is 5.32 Å². The van der Waals surface area contributed by atoms with E-state index in [1.807, 2.05) is 6.07 Å². The van der Waals surface area contributed by atoms with Crippen molar-refractivity contribution in [1.29, 1.82) is 5.26 Å². The van der Waals surface area contributed by atoms with E-state index in [4.69, 9.17) is 5.26 Å². The van der Waals surface area contributed by atoms with Crippen molar-refractivity contribution < 1.29 is 14.7 Å². The third-order valence-corrected chi connectivity index (χ3v) is 3.00. The molecule has 2 amide bonds. The molecule has 20 heavy (non-hydrogen) atoms. The second kappa shape index (κ2) is 6.06. The number of nitrogens with zero attached hydrogens (tertiary/aromatic N) is 2. The Labute approximate surface area is 117 Å². The van der Waals surface area contributed by atoms with Crippen molar-refractivity contribution in [2.75, 3.05) is 11.9 Å². The number of likely N-dealkylation sites (N-methyl/N-ethyl adjacent to an activating group) is 1. The van der Waals surface area contributed by atoms with Crippen LogP contribution in [-0.4, -0.2) is 34.1 Å². The SMILES string of the molecule is CCN(C(=O)Nc1cccc(C#N)c1)C(C)(C)C(=O)O. The fraction of sp³-hybridized carbons (Fsp3) is 0.357. The average Bonchev–Trinajstić information content (AvgIpc) is 2.39. The van der Waals surface area contributed by atoms with Crippen molar-refractivity contribution in [2.45, 2.75) is 26.3 Å². The first kappa shape index (κ1) is 15.5. The number of nitriles is 1. The number of carboxylic acid groups (broad SMARTS) is 1. The smallest absolute Gasteiger partial charge is 0.329 e. The summed E-state index contributed by atoms with van der Waals surface area (Å²) in [5.41, 5.74) is -0.442. The molecule has 0 bridgehead atoms. The maximum absolute atomic E-state index is 12.2. The highest BCUT2D eigenvalue weighted by Crippen LogP contribution is 2.17. The fourth-order valence-electron chi connectivity index (χ4n) is 1.77. The highest BCUT2D eigenvalue weighted by atomic mass is 16.4. The van der Waals surface area contributed by atoms with Crippen LogP contribution in [-0.2, 0) is 4.79 Å². The van der Waals surface area contributed by atoms with E-state index in [0.717, 1.165) is 0 Å². The zero-order valence-electron chi connectivity index (χ0n) is 11.7. The molecule has 0 aliphatic carbocycles. The van der Waals surface area contributed by atoms with Crippen LogP contribution < -0.4 is 5.32 Å². The predicted octanol–water partition coefficient (Wildman–Crippen LogP) is 2.28. The molecule has 0 aliphatic rings. The van der Waals surface area contributed by atoms with Crippen LogP contribution in [0.25, 0.3) is 0 Å². The monoisotopic (exact) mass is 275 g/mol. The average molecular weight is 275 g/mol. The zero-order chi connectivity index (χ0) is 15.3. The molecule has 6 heteroatoms. The highest BCUT2D eigenvalue weighted by Gasteiger charge is 2.36. The number of amides is 2. The molecule has 2 N–H and O–H groups in total. The normalized spacial score (nSPS) is 10.5. The molecular formula is C14H17N3O3. The molecule has 1 aromatic carbocycles. The Morgan fingerprint density at radius 2 is 2.10 bits per heavy atom. The summed E-state index contributed by atoms with van der Waals surface area (Å²) in [4.78, 5) is 24.6. The van der Waals surface area contributed by atoms with E-state index >= 15 is 0 Å². The number of urea groups is 1. The first-order valence-electron chi connectivity index (χ1n) is 6.15. The van der Waals surface area contributed by atoms with Gasteiger partial charge in [-0.3, -0.25) is 0 Å². The van der Waals surface area contributed by atoms with Gasteiger partial charge in [-0.15, -0.1) is 0 Å². The van der Waals surface area contributed by atoms with E-state index in [9.17, 15) is 14.7 Å². The molecule has 0 heterocycles. The molecule has 6 nitrogen and oxygen atoms in total. The van der Waals surface area contributed by atoms with Crippen molar-refractivity contribution in [2.24, 2.45) is 0 Å². The Kier molecular flexibility index (Phi) is 4.70. The summed E-state index contributed by atoms with van der Waals surface area (Å²) in [6.45, 7) is 4.88. The van der Waals surface area contributed by atoms with Crippen molar-refractivity contribution in [3.8, 4) is 6.07 Å². The first-order valence-corrected chi connectivity index (χ1v) is 6.15. The molecule has 106 valence electrons. The molecule has 0 saturated heterocycles. The van der Waals surface area contributed by atoms with Gasteiger partial charge in [0.25, 0.3) is 0 Å². The van der Waals surface area contributed by atoms with E-state index in [1.54, 1.807) is 25.1 Å². The highest BCUT2D eigenvalue weighted by molar-refractivity contribution is 5.93. The number of rotatable bonds is 4. The Balaban J connectivity index is 2.93. The Morgan fingerprint density at radius 3 is 2.60 bits per heavy atom. The van der Waals surface area contributed by atoms with E-state index in [-0.39, 0.29) is 6.54 Å². The van der Waals surface area contributed by atoms with E-state index in [1.165, 1.54) is 24.8 Å². The number of nitrogens with one attached hydrogen (secondary N) is 1. The maximum atomic E-state index is 12.2. The minimum absolute atomic E-state index is 0.253. The lowest BCUT2D eigenvalue weighted by atomic mass is 10.0. The summed E-state index contributed by atoms with van der Waals surface area (Å²) in [7, 11) is 0. The Hall–Kier alpha value is -2.55. The van der Waals surface area contributed by atoms with Gasteiger partial charge in [-0.05, 0) is 39.0 Å². The Morgan fingerprint density at radius 1 is 1.45 bits per heavy atom. The van der Waals surface area contributed by atoms with Gasteiger partial charge in [-0.25, -0.2) is 9.59 Å². The van der Waals surface area contributed by atoms with Crippen molar-refractivity contribution in [3.05, 3.63) is 29.8 Å². The lowest BCUT2D eigenvalue weighted by molar-refractivity contribution is -0.147. The number of aliphatic carboxylic acids is 1. The van der Waals surface area contributed by atoms with Crippen molar-refractivity contribution in [3.63, 3.8) is 0 Å². The van der Waals surface area contributed by atoms with Crippen LogP contribution in [0.15, 0.2) is 24.3 Å². The molecule has 0 fully saturated rings. The topological polar surface area (TPSA) is 93.4 Å².